The molecule has 0 heterocycles. The second-order valence-electron chi connectivity index (χ2n) is 3.38. The Balaban J connectivity index is 2.74. The number of ketones is 1. The Morgan fingerprint density at radius 3 is 2.85 bits per heavy atom. The fraction of sp³-hybridized carbons (Fsp3) is 0.300. The normalized spacial score (nSPS) is 20.5. The van der Waals surface area contributed by atoms with Crippen molar-refractivity contribution in [2.45, 2.75) is 19.3 Å². The van der Waals surface area contributed by atoms with Gasteiger partial charge in [-0.05, 0) is 23.6 Å². The number of hydrogen-bond donors (Lipinski definition) is 1. The zero-order chi connectivity index (χ0) is 9.59. The van der Waals surface area contributed by atoms with Crippen LogP contribution in [0.2, 0.25) is 5.02 Å². The highest BCUT2D eigenvalue weighted by molar-refractivity contribution is 6.32. The molecular weight excluding hydrogens is 188 g/mol. The van der Waals surface area contributed by atoms with Gasteiger partial charge < -0.3 is 5.11 Å². The summed E-state index contributed by atoms with van der Waals surface area (Å²) in [6, 6.07) is 3.10. The summed E-state index contributed by atoms with van der Waals surface area (Å²) >= 11 is 5.94. The van der Waals surface area contributed by atoms with E-state index >= 15 is 0 Å². The summed E-state index contributed by atoms with van der Waals surface area (Å²) in [4.78, 5) is 11.4. The van der Waals surface area contributed by atoms with Gasteiger partial charge >= 0.3 is 0 Å². The fourth-order valence-electron chi connectivity index (χ4n) is 1.84. The highest BCUT2D eigenvalue weighted by Crippen LogP contribution is 2.41. The molecule has 0 aromatic heterocycles. The van der Waals surface area contributed by atoms with Crippen LogP contribution in [0.15, 0.2) is 12.1 Å². The van der Waals surface area contributed by atoms with Crippen molar-refractivity contribution in [3.8, 4) is 5.75 Å². The topological polar surface area (TPSA) is 37.3 Å². The van der Waals surface area contributed by atoms with Crippen molar-refractivity contribution >= 4 is 17.4 Å². The minimum absolute atomic E-state index is 0.0116. The summed E-state index contributed by atoms with van der Waals surface area (Å²) in [5.41, 5.74) is 1.21. The average molecular weight is 197 g/mol. The second kappa shape index (κ2) is 2.74. The summed E-state index contributed by atoms with van der Waals surface area (Å²) in [6.07, 6.45) is 0.451. The lowest BCUT2D eigenvalue weighted by Gasteiger charge is -2.06. The van der Waals surface area contributed by atoms with Gasteiger partial charge in [-0.2, -0.15) is 0 Å². The molecule has 0 amide bonds. The van der Waals surface area contributed by atoms with Crippen LogP contribution in [-0.4, -0.2) is 10.9 Å². The van der Waals surface area contributed by atoms with E-state index in [4.69, 9.17) is 11.6 Å². The van der Waals surface area contributed by atoms with Gasteiger partial charge in [0.1, 0.15) is 5.75 Å². The van der Waals surface area contributed by atoms with Crippen LogP contribution in [0.4, 0.5) is 0 Å². The van der Waals surface area contributed by atoms with Crippen LogP contribution in [0.25, 0.3) is 0 Å². The number of fused-ring (bicyclic) bond motifs is 1. The zero-order valence-electron chi connectivity index (χ0n) is 7.17. The van der Waals surface area contributed by atoms with Gasteiger partial charge in [0.05, 0.1) is 5.56 Å². The lowest BCUT2D eigenvalue weighted by Crippen LogP contribution is -1.91. The number of rotatable bonds is 0. The largest absolute Gasteiger partial charge is 0.507 e. The molecule has 0 radical (unpaired) electrons. The molecule has 13 heavy (non-hydrogen) atoms. The van der Waals surface area contributed by atoms with Crippen molar-refractivity contribution < 1.29 is 9.90 Å². The Labute approximate surface area is 81.1 Å². The van der Waals surface area contributed by atoms with Gasteiger partial charge in [0, 0.05) is 11.4 Å². The molecule has 0 aliphatic heterocycles. The maximum Gasteiger partial charge on any atom is 0.167 e. The van der Waals surface area contributed by atoms with E-state index in [2.05, 4.69) is 0 Å². The minimum atomic E-state index is -0.0116. The third-order valence-corrected chi connectivity index (χ3v) is 2.76. The standard InChI is InChI=1S/C10H9ClO2/c1-5-4-8(13)10-7(12)3-2-6(11)9(5)10/h2-3,5,12H,4H2,1H3. The molecule has 1 unspecified atom stereocenters. The SMILES string of the molecule is CC1CC(=O)c2c(O)ccc(Cl)c21. The molecule has 68 valence electrons. The predicted octanol–water partition coefficient (Wildman–Crippen LogP) is 2.74. The number of phenols is 1. The van der Waals surface area contributed by atoms with E-state index in [0.717, 1.165) is 5.56 Å². The van der Waals surface area contributed by atoms with E-state index in [1.54, 1.807) is 6.07 Å². The number of hydrogen-bond acceptors (Lipinski definition) is 2. The predicted molar refractivity (Wildman–Crippen MR) is 50.5 cm³/mol. The van der Waals surface area contributed by atoms with E-state index in [1.807, 2.05) is 6.92 Å². The monoisotopic (exact) mass is 196 g/mol. The molecule has 0 spiro atoms. The van der Waals surface area contributed by atoms with Crippen LogP contribution in [0.5, 0.6) is 5.75 Å². The van der Waals surface area contributed by atoms with E-state index in [9.17, 15) is 9.90 Å². The van der Waals surface area contributed by atoms with Crippen molar-refractivity contribution in [3.63, 3.8) is 0 Å². The molecule has 1 N–H and O–H groups in total. The summed E-state index contributed by atoms with van der Waals surface area (Å²) in [6.45, 7) is 1.94. The van der Waals surface area contributed by atoms with Gasteiger partial charge in [0.2, 0.25) is 0 Å². The third-order valence-electron chi connectivity index (χ3n) is 2.43. The van der Waals surface area contributed by atoms with Crippen molar-refractivity contribution in [1.29, 1.82) is 0 Å². The van der Waals surface area contributed by atoms with Gasteiger partial charge in [-0.25, -0.2) is 0 Å². The molecule has 0 fully saturated rings. The summed E-state index contributed by atoms with van der Waals surface area (Å²) in [5.74, 6) is 0.165. The van der Waals surface area contributed by atoms with Gasteiger partial charge in [0.15, 0.2) is 5.78 Å². The maximum absolute atomic E-state index is 11.4. The van der Waals surface area contributed by atoms with E-state index in [-0.39, 0.29) is 17.5 Å². The Morgan fingerprint density at radius 1 is 1.54 bits per heavy atom. The molecule has 1 atom stereocenters. The number of phenolic OH excluding ortho intramolecular Hbond substituents is 1. The van der Waals surface area contributed by atoms with E-state index < -0.39 is 0 Å². The summed E-state index contributed by atoms with van der Waals surface area (Å²) in [5, 5.41) is 10.0. The number of benzene rings is 1. The molecule has 1 aromatic carbocycles. The minimum Gasteiger partial charge on any atom is -0.507 e. The molecule has 3 heteroatoms. The summed E-state index contributed by atoms with van der Waals surface area (Å²) in [7, 11) is 0. The first-order chi connectivity index (χ1) is 6.11. The first-order valence-corrected chi connectivity index (χ1v) is 4.53. The van der Waals surface area contributed by atoms with Gasteiger partial charge in [0.25, 0.3) is 0 Å². The van der Waals surface area contributed by atoms with Crippen molar-refractivity contribution in [3.05, 3.63) is 28.3 Å². The van der Waals surface area contributed by atoms with Crippen LogP contribution in [0, 0.1) is 0 Å². The number of aromatic hydroxyl groups is 1. The zero-order valence-corrected chi connectivity index (χ0v) is 7.93. The molecule has 1 aliphatic carbocycles. The van der Waals surface area contributed by atoms with Crippen LogP contribution in [0.3, 0.4) is 0 Å². The first-order valence-electron chi connectivity index (χ1n) is 4.16. The maximum atomic E-state index is 11.4. The molecule has 1 aromatic rings. The second-order valence-corrected chi connectivity index (χ2v) is 3.79. The Morgan fingerprint density at radius 2 is 2.23 bits per heavy atom. The highest BCUT2D eigenvalue weighted by Gasteiger charge is 2.30. The molecule has 2 nitrogen and oxygen atoms in total. The van der Waals surface area contributed by atoms with E-state index in [1.165, 1.54) is 6.07 Å². The molecular formula is C10H9ClO2. The smallest absolute Gasteiger partial charge is 0.167 e. The number of Topliss-reactive ketones (excluding diaryl/α,β-unsaturated/α-hetero) is 1. The van der Waals surface area contributed by atoms with Crippen molar-refractivity contribution in [2.75, 3.05) is 0 Å². The Kier molecular flexibility index (Phi) is 1.81. The highest BCUT2D eigenvalue weighted by atomic mass is 35.5. The third kappa shape index (κ3) is 1.13. The Hall–Kier alpha value is -1.02. The average Bonchev–Trinajstić information content (AvgIpc) is 2.36. The van der Waals surface area contributed by atoms with Crippen LogP contribution >= 0.6 is 11.6 Å². The van der Waals surface area contributed by atoms with Gasteiger partial charge in [-0.15, -0.1) is 0 Å². The molecule has 0 saturated heterocycles. The lowest BCUT2D eigenvalue weighted by atomic mass is 10.0. The molecule has 1 aliphatic rings. The van der Waals surface area contributed by atoms with Crippen molar-refractivity contribution in [1.82, 2.24) is 0 Å². The lowest BCUT2D eigenvalue weighted by molar-refractivity contribution is 0.0988. The summed E-state index contributed by atoms with van der Waals surface area (Å²) < 4.78 is 0. The number of carbonyl (C=O) groups excluding carboxylic acids is 1. The molecule has 2 rings (SSSR count). The van der Waals surface area contributed by atoms with Gasteiger partial charge in [-0.3, -0.25) is 4.79 Å². The van der Waals surface area contributed by atoms with E-state index in [0.29, 0.717) is 17.0 Å². The van der Waals surface area contributed by atoms with Crippen LogP contribution < -0.4 is 0 Å². The molecule has 0 bridgehead atoms. The van der Waals surface area contributed by atoms with Gasteiger partial charge in [-0.1, -0.05) is 18.5 Å². The number of halogens is 1. The molecule has 0 saturated carbocycles. The van der Waals surface area contributed by atoms with Crippen LogP contribution in [-0.2, 0) is 0 Å². The fourth-order valence-corrected chi connectivity index (χ4v) is 2.18. The van der Waals surface area contributed by atoms with Crippen molar-refractivity contribution in [2.24, 2.45) is 0 Å². The first kappa shape index (κ1) is 8.57. The number of carbonyl (C=O) groups is 1. The van der Waals surface area contributed by atoms with Crippen LogP contribution in [0.1, 0.15) is 35.2 Å². The Bertz CT molecular complexity index is 385. The quantitative estimate of drug-likeness (QED) is 0.693.